The van der Waals surface area contributed by atoms with Crippen LogP contribution in [0.3, 0.4) is 0 Å². The van der Waals surface area contributed by atoms with E-state index in [2.05, 4.69) is 22.5 Å². The topological polar surface area (TPSA) is 48.1 Å². The lowest BCUT2D eigenvalue weighted by Crippen LogP contribution is -2.12. The predicted molar refractivity (Wildman–Crippen MR) is 81.3 cm³/mol. The molecule has 1 aliphatic heterocycles. The molecule has 2 N–H and O–H groups in total. The van der Waals surface area contributed by atoms with E-state index in [9.17, 15) is 0 Å². The molecule has 0 saturated heterocycles. The number of ether oxygens (including phenoxy) is 1. The summed E-state index contributed by atoms with van der Waals surface area (Å²) in [5, 5.41) is 2.06. The highest BCUT2D eigenvalue weighted by molar-refractivity contribution is 7.17. The Bertz CT molecular complexity index is 781. The third-order valence-electron chi connectivity index (χ3n) is 3.76. The molecule has 0 aliphatic carbocycles. The fraction of sp³-hybridized carbons (Fsp3) is 0.188. The number of fused-ring (bicyclic) bond motifs is 2. The van der Waals surface area contributed by atoms with Crippen LogP contribution in [0.1, 0.15) is 22.7 Å². The summed E-state index contributed by atoms with van der Waals surface area (Å²) in [5.74, 6) is 0.993. The van der Waals surface area contributed by atoms with Gasteiger partial charge < -0.3 is 10.5 Å². The summed E-state index contributed by atoms with van der Waals surface area (Å²) in [4.78, 5) is 4.47. The number of hydrogen-bond donors (Lipinski definition) is 1. The van der Waals surface area contributed by atoms with Gasteiger partial charge in [0.05, 0.1) is 22.9 Å². The molecule has 0 spiro atoms. The first-order chi connectivity index (χ1) is 9.81. The molecule has 4 rings (SSSR count). The van der Waals surface area contributed by atoms with Crippen LogP contribution in [0.25, 0.3) is 10.2 Å². The second-order valence-electron chi connectivity index (χ2n) is 5.02. The summed E-state index contributed by atoms with van der Waals surface area (Å²) >= 11 is 1.70. The monoisotopic (exact) mass is 282 g/mol. The van der Waals surface area contributed by atoms with Gasteiger partial charge in [-0.2, -0.15) is 0 Å². The maximum absolute atomic E-state index is 6.39. The maximum atomic E-state index is 6.39. The molecular weight excluding hydrogens is 268 g/mol. The van der Waals surface area contributed by atoms with Gasteiger partial charge in [0.2, 0.25) is 0 Å². The van der Waals surface area contributed by atoms with Gasteiger partial charge in [-0.3, -0.25) is 4.98 Å². The number of nitrogens with two attached hydrogens (primary N) is 1. The first-order valence-electron chi connectivity index (χ1n) is 6.65. The number of thiophene rings is 1. The van der Waals surface area contributed by atoms with Gasteiger partial charge in [0.1, 0.15) is 5.75 Å². The van der Waals surface area contributed by atoms with Crippen molar-refractivity contribution >= 4 is 21.6 Å². The highest BCUT2D eigenvalue weighted by Gasteiger charge is 2.16. The van der Waals surface area contributed by atoms with E-state index in [0.29, 0.717) is 0 Å². The van der Waals surface area contributed by atoms with Crippen LogP contribution in [-0.4, -0.2) is 11.6 Å². The molecule has 20 heavy (non-hydrogen) atoms. The molecule has 1 unspecified atom stereocenters. The Morgan fingerprint density at radius 2 is 2.15 bits per heavy atom. The van der Waals surface area contributed by atoms with Gasteiger partial charge in [0, 0.05) is 12.6 Å². The molecule has 0 saturated carbocycles. The molecule has 3 heterocycles. The van der Waals surface area contributed by atoms with Crippen molar-refractivity contribution in [1.29, 1.82) is 0 Å². The minimum absolute atomic E-state index is 0.139. The van der Waals surface area contributed by atoms with Crippen molar-refractivity contribution in [3.05, 3.63) is 58.6 Å². The highest BCUT2D eigenvalue weighted by Crippen LogP contribution is 2.30. The van der Waals surface area contributed by atoms with Crippen molar-refractivity contribution in [3.63, 3.8) is 0 Å². The Morgan fingerprint density at radius 3 is 3.10 bits per heavy atom. The van der Waals surface area contributed by atoms with Gasteiger partial charge >= 0.3 is 0 Å². The van der Waals surface area contributed by atoms with Crippen molar-refractivity contribution in [2.45, 2.75) is 12.5 Å². The molecule has 3 aromatic rings. The second-order valence-corrected chi connectivity index (χ2v) is 5.96. The Hall–Kier alpha value is -1.91. The SMILES string of the molecule is NC(c1ccc2c(c1)CCO2)c1cnc2ccsc2c1. The van der Waals surface area contributed by atoms with Crippen LogP contribution in [-0.2, 0) is 6.42 Å². The van der Waals surface area contributed by atoms with Crippen LogP contribution < -0.4 is 10.5 Å². The second kappa shape index (κ2) is 4.58. The van der Waals surface area contributed by atoms with Crippen molar-refractivity contribution in [2.24, 2.45) is 5.73 Å². The molecule has 0 radical (unpaired) electrons. The third kappa shape index (κ3) is 1.88. The van der Waals surface area contributed by atoms with Crippen LogP contribution in [0, 0.1) is 0 Å². The van der Waals surface area contributed by atoms with E-state index in [0.717, 1.165) is 35.4 Å². The molecule has 1 atom stereocenters. The van der Waals surface area contributed by atoms with Gasteiger partial charge in [-0.15, -0.1) is 11.3 Å². The molecule has 0 bridgehead atoms. The van der Waals surface area contributed by atoms with Gasteiger partial charge in [0.15, 0.2) is 0 Å². The highest BCUT2D eigenvalue weighted by atomic mass is 32.1. The summed E-state index contributed by atoms with van der Waals surface area (Å²) < 4.78 is 6.72. The summed E-state index contributed by atoms with van der Waals surface area (Å²) in [7, 11) is 0. The zero-order chi connectivity index (χ0) is 13.5. The van der Waals surface area contributed by atoms with Crippen molar-refractivity contribution in [3.8, 4) is 5.75 Å². The van der Waals surface area contributed by atoms with E-state index in [4.69, 9.17) is 10.5 Å². The van der Waals surface area contributed by atoms with Crippen LogP contribution in [0.4, 0.5) is 0 Å². The number of benzene rings is 1. The average molecular weight is 282 g/mol. The van der Waals surface area contributed by atoms with Gasteiger partial charge in [-0.25, -0.2) is 0 Å². The largest absolute Gasteiger partial charge is 0.493 e. The zero-order valence-electron chi connectivity index (χ0n) is 10.9. The predicted octanol–water partition coefficient (Wildman–Crippen LogP) is 3.28. The molecule has 3 nitrogen and oxygen atoms in total. The number of aromatic nitrogens is 1. The quantitative estimate of drug-likeness (QED) is 0.784. The molecule has 1 aromatic carbocycles. The summed E-state index contributed by atoms with van der Waals surface area (Å²) in [5.41, 5.74) is 10.9. The van der Waals surface area contributed by atoms with E-state index in [1.807, 2.05) is 24.4 Å². The number of hydrogen-bond acceptors (Lipinski definition) is 4. The summed E-state index contributed by atoms with van der Waals surface area (Å²) in [6, 6.07) is 10.3. The first-order valence-corrected chi connectivity index (χ1v) is 7.53. The molecule has 1 aliphatic rings. The lowest BCUT2D eigenvalue weighted by molar-refractivity contribution is 0.357. The minimum Gasteiger partial charge on any atom is -0.493 e. The molecule has 0 fully saturated rings. The van der Waals surface area contributed by atoms with E-state index >= 15 is 0 Å². The van der Waals surface area contributed by atoms with Crippen molar-refractivity contribution in [1.82, 2.24) is 4.98 Å². The van der Waals surface area contributed by atoms with E-state index in [1.54, 1.807) is 11.3 Å². The van der Waals surface area contributed by atoms with E-state index in [-0.39, 0.29) is 6.04 Å². The van der Waals surface area contributed by atoms with Crippen LogP contribution in [0.15, 0.2) is 41.9 Å². The number of nitrogens with zero attached hydrogens (tertiary/aromatic N) is 1. The first kappa shape index (κ1) is 11.9. The fourth-order valence-corrected chi connectivity index (χ4v) is 3.41. The van der Waals surface area contributed by atoms with Crippen LogP contribution in [0.5, 0.6) is 5.75 Å². The smallest absolute Gasteiger partial charge is 0.122 e. The maximum Gasteiger partial charge on any atom is 0.122 e. The normalized spacial score (nSPS) is 15.1. The number of rotatable bonds is 2. The molecule has 0 amide bonds. The van der Waals surface area contributed by atoms with E-state index < -0.39 is 0 Å². The Labute approximate surface area is 121 Å². The van der Waals surface area contributed by atoms with Gasteiger partial charge in [0.25, 0.3) is 0 Å². The standard InChI is InChI=1S/C16H14N2OS/c17-16(11-1-2-14-10(7-11)3-5-19-14)12-8-15-13(18-9-12)4-6-20-15/h1-2,4,6-9,16H,3,5,17H2. The van der Waals surface area contributed by atoms with Crippen LogP contribution >= 0.6 is 11.3 Å². The zero-order valence-corrected chi connectivity index (χ0v) is 11.7. The molecule has 100 valence electrons. The minimum atomic E-state index is -0.139. The Balaban J connectivity index is 1.73. The van der Waals surface area contributed by atoms with Crippen molar-refractivity contribution in [2.75, 3.05) is 6.61 Å². The lowest BCUT2D eigenvalue weighted by Gasteiger charge is -2.13. The molecular formula is C16H14N2OS. The fourth-order valence-electron chi connectivity index (χ4n) is 2.62. The Morgan fingerprint density at radius 1 is 1.20 bits per heavy atom. The van der Waals surface area contributed by atoms with Crippen molar-refractivity contribution < 1.29 is 4.74 Å². The van der Waals surface area contributed by atoms with Gasteiger partial charge in [-0.1, -0.05) is 12.1 Å². The summed E-state index contributed by atoms with van der Waals surface area (Å²) in [6.45, 7) is 0.775. The number of pyridine rings is 1. The van der Waals surface area contributed by atoms with Gasteiger partial charge in [-0.05, 0) is 40.3 Å². The average Bonchev–Trinajstić information content (AvgIpc) is 3.13. The Kier molecular flexibility index (Phi) is 2.72. The van der Waals surface area contributed by atoms with Crippen LogP contribution in [0.2, 0.25) is 0 Å². The van der Waals surface area contributed by atoms with E-state index in [1.165, 1.54) is 10.3 Å². The third-order valence-corrected chi connectivity index (χ3v) is 4.61. The molecule has 4 heteroatoms. The lowest BCUT2D eigenvalue weighted by atomic mass is 9.98. The molecule has 2 aromatic heterocycles. The summed E-state index contributed by atoms with van der Waals surface area (Å²) in [6.07, 6.45) is 2.85.